The molecule has 2 N–H and O–H groups in total. The summed E-state index contributed by atoms with van der Waals surface area (Å²) < 4.78 is 10.8. The zero-order valence-corrected chi connectivity index (χ0v) is 16.7. The van der Waals surface area contributed by atoms with Gasteiger partial charge in [-0.1, -0.05) is 16.8 Å². The number of carbonyl (C=O) groups is 1. The van der Waals surface area contributed by atoms with E-state index in [9.17, 15) is 4.79 Å². The van der Waals surface area contributed by atoms with Crippen molar-refractivity contribution >= 4 is 23.2 Å². The summed E-state index contributed by atoms with van der Waals surface area (Å²) in [4.78, 5) is 16.9. The van der Waals surface area contributed by atoms with E-state index < -0.39 is 0 Å². The van der Waals surface area contributed by atoms with E-state index in [0.717, 1.165) is 24.2 Å². The number of nitrogens with one attached hydrogen (secondary N) is 2. The predicted molar refractivity (Wildman–Crippen MR) is 110 cm³/mol. The van der Waals surface area contributed by atoms with E-state index in [1.54, 1.807) is 18.2 Å². The maximum absolute atomic E-state index is 12.5. The first kappa shape index (κ1) is 19.3. The second-order valence-electron chi connectivity index (χ2n) is 6.76. The third-order valence-corrected chi connectivity index (χ3v) is 4.70. The van der Waals surface area contributed by atoms with Crippen LogP contribution in [0.2, 0.25) is 5.02 Å². The molecule has 0 spiro atoms. The van der Waals surface area contributed by atoms with Crippen LogP contribution in [0, 0.1) is 0 Å². The molecule has 1 aliphatic rings. The van der Waals surface area contributed by atoms with Crippen LogP contribution in [0.4, 0.5) is 5.69 Å². The van der Waals surface area contributed by atoms with Gasteiger partial charge in [0.25, 0.3) is 5.91 Å². The number of ether oxygens (including phenoxy) is 1. The zero-order valence-electron chi connectivity index (χ0n) is 15.9. The first-order valence-electron chi connectivity index (χ1n) is 9.52. The van der Waals surface area contributed by atoms with Crippen molar-refractivity contribution in [1.82, 2.24) is 15.5 Å². The molecular weight excluding hydrogens is 392 g/mol. The molecule has 150 valence electrons. The molecule has 0 aliphatic heterocycles. The molecule has 0 atom stereocenters. The van der Waals surface area contributed by atoms with Crippen molar-refractivity contribution in [3.8, 4) is 17.1 Å². The van der Waals surface area contributed by atoms with Gasteiger partial charge in [0.2, 0.25) is 11.7 Å². The highest BCUT2D eigenvalue weighted by atomic mass is 35.5. The topological polar surface area (TPSA) is 89.3 Å². The van der Waals surface area contributed by atoms with E-state index in [-0.39, 0.29) is 18.5 Å². The lowest BCUT2D eigenvalue weighted by Crippen LogP contribution is -2.26. The Hall–Kier alpha value is -3.06. The summed E-state index contributed by atoms with van der Waals surface area (Å²) in [5.41, 5.74) is 1.99. The summed E-state index contributed by atoms with van der Waals surface area (Å²) >= 11 is 6.07. The number of benzene rings is 2. The van der Waals surface area contributed by atoms with Crippen LogP contribution in [-0.4, -0.2) is 28.7 Å². The van der Waals surface area contributed by atoms with Crippen LogP contribution in [0.25, 0.3) is 11.4 Å². The highest BCUT2D eigenvalue weighted by Crippen LogP contribution is 2.25. The summed E-state index contributed by atoms with van der Waals surface area (Å²) in [6.45, 7) is 2.84. The predicted octanol–water partition coefficient (Wildman–Crippen LogP) is 4.29. The normalized spacial score (nSPS) is 13.2. The molecule has 0 unspecified atom stereocenters. The zero-order chi connectivity index (χ0) is 20.2. The summed E-state index contributed by atoms with van der Waals surface area (Å²) in [7, 11) is 0. The Morgan fingerprint density at radius 3 is 2.76 bits per heavy atom. The molecule has 1 aliphatic carbocycles. The highest BCUT2D eigenvalue weighted by molar-refractivity contribution is 6.31. The third-order valence-electron chi connectivity index (χ3n) is 4.46. The molecule has 1 heterocycles. The van der Waals surface area contributed by atoms with Gasteiger partial charge < -0.3 is 19.9 Å². The average molecular weight is 413 g/mol. The molecular formula is C21H21ClN4O3. The van der Waals surface area contributed by atoms with Crippen LogP contribution in [-0.2, 0) is 6.54 Å². The smallest absolute Gasteiger partial charge is 0.253 e. The van der Waals surface area contributed by atoms with Gasteiger partial charge in [-0.3, -0.25) is 4.79 Å². The minimum absolute atomic E-state index is 0.141. The third kappa shape index (κ3) is 4.86. The van der Waals surface area contributed by atoms with E-state index in [2.05, 4.69) is 20.8 Å². The lowest BCUT2D eigenvalue weighted by molar-refractivity contribution is 0.0952. The summed E-state index contributed by atoms with van der Waals surface area (Å²) in [6, 6.07) is 12.9. The number of nitrogens with zero attached hydrogens (tertiary/aromatic N) is 2. The molecule has 0 bridgehead atoms. The van der Waals surface area contributed by atoms with Gasteiger partial charge in [0, 0.05) is 22.3 Å². The van der Waals surface area contributed by atoms with Crippen LogP contribution in [0.1, 0.15) is 36.0 Å². The number of hydrogen-bond donors (Lipinski definition) is 2. The Morgan fingerprint density at radius 1 is 1.24 bits per heavy atom. The van der Waals surface area contributed by atoms with Crippen LogP contribution in [0.15, 0.2) is 47.0 Å². The van der Waals surface area contributed by atoms with Gasteiger partial charge in [0.1, 0.15) is 5.75 Å². The van der Waals surface area contributed by atoms with E-state index in [1.807, 2.05) is 31.2 Å². The van der Waals surface area contributed by atoms with Crippen molar-refractivity contribution in [3.63, 3.8) is 0 Å². The van der Waals surface area contributed by atoms with Crippen molar-refractivity contribution in [2.45, 2.75) is 32.4 Å². The van der Waals surface area contributed by atoms with Gasteiger partial charge >= 0.3 is 0 Å². The van der Waals surface area contributed by atoms with Crippen LogP contribution >= 0.6 is 11.6 Å². The minimum Gasteiger partial charge on any atom is -0.494 e. The summed E-state index contributed by atoms with van der Waals surface area (Å²) in [5, 5.41) is 10.7. The molecule has 1 fully saturated rings. The lowest BCUT2D eigenvalue weighted by Gasteiger charge is -2.11. The van der Waals surface area contributed by atoms with Gasteiger partial charge in [-0.25, -0.2) is 0 Å². The summed E-state index contributed by atoms with van der Waals surface area (Å²) in [6.07, 6.45) is 2.04. The first-order chi connectivity index (χ1) is 14.1. The Kier molecular flexibility index (Phi) is 5.67. The number of carbonyl (C=O) groups excluding carboxylic acids is 1. The second-order valence-corrected chi connectivity index (χ2v) is 7.20. The molecule has 1 saturated carbocycles. The number of aromatic nitrogens is 2. The van der Waals surface area contributed by atoms with E-state index in [1.165, 1.54) is 0 Å². The van der Waals surface area contributed by atoms with Crippen molar-refractivity contribution in [1.29, 1.82) is 0 Å². The first-order valence-corrected chi connectivity index (χ1v) is 9.90. The average Bonchev–Trinajstić information content (AvgIpc) is 3.41. The van der Waals surface area contributed by atoms with Crippen molar-refractivity contribution in [2.24, 2.45) is 0 Å². The molecule has 0 saturated heterocycles. The Labute approximate surface area is 173 Å². The highest BCUT2D eigenvalue weighted by Gasteiger charge is 2.25. The second kappa shape index (κ2) is 8.53. The van der Waals surface area contributed by atoms with Crippen molar-refractivity contribution < 1.29 is 14.1 Å². The molecule has 7 nitrogen and oxygen atoms in total. The monoisotopic (exact) mass is 412 g/mol. The molecule has 4 rings (SSSR count). The SMILES string of the molecule is CCOc1ccc(-c2noc(CNc3ccc(Cl)cc3C(=O)NC3CC3)n2)cc1. The quantitative estimate of drug-likeness (QED) is 0.573. The molecule has 29 heavy (non-hydrogen) atoms. The van der Waals surface area contributed by atoms with E-state index in [0.29, 0.717) is 34.6 Å². The maximum Gasteiger partial charge on any atom is 0.253 e. The van der Waals surface area contributed by atoms with E-state index >= 15 is 0 Å². The number of anilines is 1. The Bertz CT molecular complexity index is 999. The molecule has 1 aromatic heterocycles. The standard InChI is InChI=1S/C21H21ClN4O3/c1-2-28-16-8-3-13(4-9-16)20-25-19(29-26-20)12-23-18-10-5-14(22)11-17(18)21(27)24-15-6-7-15/h3-5,8-11,15,23H,2,6-7,12H2,1H3,(H,24,27). The fourth-order valence-corrected chi connectivity index (χ4v) is 3.00. The Balaban J connectivity index is 1.44. The van der Waals surface area contributed by atoms with Gasteiger partial charge in [0.15, 0.2) is 0 Å². The maximum atomic E-state index is 12.5. The van der Waals surface area contributed by atoms with Crippen molar-refractivity contribution in [2.75, 3.05) is 11.9 Å². The molecule has 0 radical (unpaired) electrons. The molecule has 3 aromatic rings. The molecule has 1 amide bonds. The van der Waals surface area contributed by atoms with Crippen LogP contribution < -0.4 is 15.4 Å². The van der Waals surface area contributed by atoms with Gasteiger partial charge in [0.05, 0.1) is 18.7 Å². The summed E-state index contributed by atoms with van der Waals surface area (Å²) in [5.74, 6) is 1.56. The number of amides is 1. The Morgan fingerprint density at radius 2 is 2.03 bits per heavy atom. The fraction of sp³-hybridized carbons (Fsp3) is 0.286. The van der Waals surface area contributed by atoms with Gasteiger partial charge in [-0.15, -0.1) is 0 Å². The number of rotatable bonds is 8. The minimum atomic E-state index is -0.141. The van der Waals surface area contributed by atoms with E-state index in [4.69, 9.17) is 20.9 Å². The molecule has 2 aromatic carbocycles. The van der Waals surface area contributed by atoms with Crippen LogP contribution in [0.5, 0.6) is 5.75 Å². The largest absolute Gasteiger partial charge is 0.494 e. The number of hydrogen-bond acceptors (Lipinski definition) is 6. The fourth-order valence-electron chi connectivity index (χ4n) is 2.83. The molecule has 8 heteroatoms. The van der Waals surface area contributed by atoms with Crippen molar-refractivity contribution in [3.05, 3.63) is 58.9 Å². The number of halogens is 1. The van der Waals surface area contributed by atoms with Crippen LogP contribution in [0.3, 0.4) is 0 Å². The van der Waals surface area contributed by atoms with Gasteiger partial charge in [-0.05, 0) is 62.2 Å². The lowest BCUT2D eigenvalue weighted by atomic mass is 10.1. The van der Waals surface area contributed by atoms with Gasteiger partial charge in [-0.2, -0.15) is 4.98 Å².